The van der Waals surface area contributed by atoms with E-state index in [1.54, 1.807) is 12.1 Å². The van der Waals surface area contributed by atoms with Crippen molar-refractivity contribution in [2.75, 3.05) is 0 Å². The minimum absolute atomic E-state index is 0.216. The molecule has 1 heterocycles. The summed E-state index contributed by atoms with van der Waals surface area (Å²) in [5.41, 5.74) is 0. The highest BCUT2D eigenvalue weighted by Gasteiger charge is 2.21. The summed E-state index contributed by atoms with van der Waals surface area (Å²) in [7, 11) is 0. The second-order valence-electron chi connectivity index (χ2n) is 4.48. The first-order valence-corrected chi connectivity index (χ1v) is 7.22. The van der Waals surface area contributed by atoms with Crippen LogP contribution in [-0.2, 0) is 12.3 Å². The van der Waals surface area contributed by atoms with Crippen molar-refractivity contribution in [2.24, 2.45) is 0 Å². The van der Waals surface area contributed by atoms with E-state index in [4.69, 9.17) is 4.52 Å². The third-order valence-electron chi connectivity index (χ3n) is 2.82. The zero-order valence-electron chi connectivity index (χ0n) is 10.3. The Balaban J connectivity index is 1.53. The number of rotatable bonds is 6. The highest BCUT2D eigenvalue weighted by molar-refractivity contribution is 7.98. The van der Waals surface area contributed by atoms with Gasteiger partial charge in [0.1, 0.15) is 5.82 Å². The Kier molecular flexibility index (Phi) is 3.79. The molecule has 1 aliphatic rings. The van der Waals surface area contributed by atoms with E-state index in [0.29, 0.717) is 35.0 Å². The molecule has 1 fully saturated rings. The standard InChI is InChI=1S/C13H14FN3OS/c14-10-3-1-2-4-11(10)19-8-12-16-13(18-17-12)7-15-9-5-6-9/h1-4,9,15H,5-8H2. The summed E-state index contributed by atoms with van der Waals surface area (Å²) in [6.07, 6.45) is 2.45. The predicted octanol–water partition coefficient (Wildman–Crippen LogP) is 2.75. The fourth-order valence-corrected chi connectivity index (χ4v) is 2.43. The van der Waals surface area contributed by atoms with Crippen LogP contribution < -0.4 is 5.32 Å². The van der Waals surface area contributed by atoms with Crippen molar-refractivity contribution in [1.82, 2.24) is 15.5 Å². The average molecular weight is 279 g/mol. The number of halogens is 1. The van der Waals surface area contributed by atoms with Gasteiger partial charge in [0.2, 0.25) is 5.89 Å². The molecule has 0 amide bonds. The number of nitrogens with zero attached hydrogens (tertiary/aromatic N) is 2. The molecule has 1 aliphatic carbocycles. The lowest BCUT2D eigenvalue weighted by Crippen LogP contribution is -2.15. The van der Waals surface area contributed by atoms with Gasteiger partial charge in [-0.3, -0.25) is 0 Å². The van der Waals surface area contributed by atoms with Crippen molar-refractivity contribution < 1.29 is 8.91 Å². The zero-order valence-corrected chi connectivity index (χ0v) is 11.1. The summed E-state index contributed by atoms with van der Waals surface area (Å²) >= 11 is 1.37. The van der Waals surface area contributed by atoms with E-state index < -0.39 is 0 Å². The molecule has 1 N–H and O–H groups in total. The van der Waals surface area contributed by atoms with Gasteiger partial charge in [0, 0.05) is 10.9 Å². The molecule has 19 heavy (non-hydrogen) atoms. The van der Waals surface area contributed by atoms with Crippen molar-refractivity contribution in [2.45, 2.75) is 36.1 Å². The normalized spacial score (nSPS) is 14.8. The average Bonchev–Trinajstić information content (AvgIpc) is 3.14. The van der Waals surface area contributed by atoms with Crippen LogP contribution in [0.25, 0.3) is 0 Å². The lowest BCUT2D eigenvalue weighted by atomic mass is 10.3. The third-order valence-corrected chi connectivity index (χ3v) is 3.87. The molecule has 0 spiro atoms. The predicted molar refractivity (Wildman–Crippen MR) is 70.1 cm³/mol. The lowest BCUT2D eigenvalue weighted by molar-refractivity contribution is 0.363. The fourth-order valence-electron chi connectivity index (χ4n) is 1.64. The minimum Gasteiger partial charge on any atom is -0.338 e. The van der Waals surface area contributed by atoms with Crippen molar-refractivity contribution in [3.63, 3.8) is 0 Å². The molecule has 6 heteroatoms. The smallest absolute Gasteiger partial charge is 0.240 e. The highest BCUT2D eigenvalue weighted by atomic mass is 32.2. The summed E-state index contributed by atoms with van der Waals surface area (Å²) < 4.78 is 18.5. The second kappa shape index (κ2) is 5.71. The van der Waals surface area contributed by atoms with Crippen LogP contribution in [0.2, 0.25) is 0 Å². The Hall–Kier alpha value is -1.40. The van der Waals surface area contributed by atoms with Crippen LogP contribution >= 0.6 is 11.8 Å². The summed E-state index contributed by atoms with van der Waals surface area (Å²) in [4.78, 5) is 4.87. The number of aromatic nitrogens is 2. The Morgan fingerprint density at radius 2 is 2.21 bits per heavy atom. The Bertz CT molecular complexity index is 556. The van der Waals surface area contributed by atoms with Crippen molar-refractivity contribution in [3.05, 3.63) is 41.8 Å². The number of hydrogen-bond acceptors (Lipinski definition) is 5. The zero-order chi connectivity index (χ0) is 13.1. The monoisotopic (exact) mass is 279 g/mol. The Morgan fingerprint density at radius 1 is 1.37 bits per heavy atom. The van der Waals surface area contributed by atoms with Crippen LogP contribution in [0.4, 0.5) is 4.39 Å². The molecule has 2 aromatic rings. The molecule has 0 atom stereocenters. The summed E-state index contributed by atoms with van der Waals surface area (Å²) in [6.45, 7) is 0.613. The van der Waals surface area contributed by atoms with Gasteiger partial charge in [-0.25, -0.2) is 4.39 Å². The molecule has 1 aromatic heterocycles. The van der Waals surface area contributed by atoms with Gasteiger partial charge in [-0.05, 0) is 25.0 Å². The molecule has 100 valence electrons. The third kappa shape index (κ3) is 3.54. The summed E-state index contributed by atoms with van der Waals surface area (Å²) in [6, 6.07) is 7.30. The van der Waals surface area contributed by atoms with E-state index in [9.17, 15) is 4.39 Å². The first-order valence-electron chi connectivity index (χ1n) is 6.23. The fraction of sp³-hybridized carbons (Fsp3) is 0.385. The van der Waals surface area contributed by atoms with Crippen LogP contribution in [0.5, 0.6) is 0 Å². The van der Waals surface area contributed by atoms with Gasteiger partial charge in [0.25, 0.3) is 0 Å². The van der Waals surface area contributed by atoms with E-state index in [1.165, 1.54) is 30.7 Å². The maximum Gasteiger partial charge on any atom is 0.240 e. The van der Waals surface area contributed by atoms with Gasteiger partial charge in [-0.2, -0.15) is 4.98 Å². The minimum atomic E-state index is -0.216. The van der Waals surface area contributed by atoms with E-state index in [1.807, 2.05) is 6.07 Å². The molecular weight excluding hydrogens is 265 g/mol. The van der Waals surface area contributed by atoms with Crippen molar-refractivity contribution in [1.29, 1.82) is 0 Å². The maximum absolute atomic E-state index is 13.4. The maximum atomic E-state index is 13.4. The largest absolute Gasteiger partial charge is 0.338 e. The van der Waals surface area contributed by atoms with E-state index in [2.05, 4.69) is 15.5 Å². The molecule has 0 bridgehead atoms. The van der Waals surface area contributed by atoms with Gasteiger partial charge in [0.15, 0.2) is 5.82 Å². The number of hydrogen-bond donors (Lipinski definition) is 1. The van der Waals surface area contributed by atoms with Gasteiger partial charge in [0.05, 0.1) is 12.3 Å². The van der Waals surface area contributed by atoms with Crippen LogP contribution in [0, 0.1) is 5.82 Å². The quantitative estimate of drug-likeness (QED) is 0.824. The number of benzene rings is 1. The Morgan fingerprint density at radius 3 is 3.00 bits per heavy atom. The topological polar surface area (TPSA) is 51.0 Å². The molecule has 1 aromatic carbocycles. The Labute approximate surface area is 114 Å². The summed E-state index contributed by atoms with van der Waals surface area (Å²) in [5.74, 6) is 1.48. The van der Waals surface area contributed by atoms with Crippen LogP contribution in [0.1, 0.15) is 24.6 Å². The van der Waals surface area contributed by atoms with E-state index in [0.717, 1.165) is 0 Å². The summed E-state index contributed by atoms with van der Waals surface area (Å²) in [5, 5.41) is 7.20. The molecule has 0 radical (unpaired) electrons. The molecule has 0 saturated heterocycles. The molecule has 3 rings (SSSR count). The second-order valence-corrected chi connectivity index (χ2v) is 5.50. The molecule has 0 unspecified atom stereocenters. The van der Waals surface area contributed by atoms with Gasteiger partial charge in [-0.15, -0.1) is 11.8 Å². The lowest BCUT2D eigenvalue weighted by Gasteiger charge is -1.99. The van der Waals surface area contributed by atoms with Gasteiger partial charge >= 0.3 is 0 Å². The number of nitrogens with one attached hydrogen (secondary N) is 1. The van der Waals surface area contributed by atoms with E-state index in [-0.39, 0.29) is 5.82 Å². The molecule has 4 nitrogen and oxygen atoms in total. The highest BCUT2D eigenvalue weighted by Crippen LogP contribution is 2.24. The molecule has 0 aliphatic heterocycles. The van der Waals surface area contributed by atoms with Crippen molar-refractivity contribution in [3.8, 4) is 0 Å². The molecule has 1 saturated carbocycles. The van der Waals surface area contributed by atoms with E-state index >= 15 is 0 Å². The first kappa shape index (κ1) is 12.6. The SMILES string of the molecule is Fc1ccccc1SCc1noc(CNC2CC2)n1. The van der Waals surface area contributed by atoms with Crippen LogP contribution in [0.15, 0.2) is 33.7 Å². The van der Waals surface area contributed by atoms with Crippen molar-refractivity contribution >= 4 is 11.8 Å². The molecular formula is C13H14FN3OS. The first-order chi connectivity index (χ1) is 9.31. The van der Waals surface area contributed by atoms with Gasteiger partial charge < -0.3 is 9.84 Å². The van der Waals surface area contributed by atoms with Crippen LogP contribution in [0.3, 0.4) is 0 Å². The van der Waals surface area contributed by atoms with Crippen LogP contribution in [-0.4, -0.2) is 16.2 Å². The van der Waals surface area contributed by atoms with Gasteiger partial charge in [-0.1, -0.05) is 17.3 Å². The number of thioether (sulfide) groups is 1.